The minimum absolute atomic E-state index is 0.0170. The normalized spacial score (nSPS) is 15.3. The van der Waals surface area contributed by atoms with Crippen LogP contribution in [-0.2, 0) is 13.6 Å². The quantitative estimate of drug-likeness (QED) is 0.683. The Labute approximate surface area is 157 Å². The van der Waals surface area contributed by atoms with Gasteiger partial charge in [0.1, 0.15) is 0 Å². The molecule has 1 aliphatic heterocycles. The third-order valence-electron chi connectivity index (χ3n) is 4.90. The molecule has 0 atom stereocenters. The molecule has 27 heavy (non-hydrogen) atoms. The number of hydrogen-bond donors (Lipinski definition) is 0. The molecule has 3 heterocycles. The third-order valence-corrected chi connectivity index (χ3v) is 4.90. The van der Waals surface area contributed by atoms with Gasteiger partial charge in [-0.25, -0.2) is 9.97 Å². The van der Waals surface area contributed by atoms with Gasteiger partial charge in [0.05, 0.1) is 30.0 Å². The van der Waals surface area contributed by atoms with Crippen LogP contribution in [0, 0.1) is 0 Å². The molecule has 2 aromatic heterocycles. The van der Waals surface area contributed by atoms with Gasteiger partial charge in [0.15, 0.2) is 0 Å². The molecule has 0 amide bonds. The van der Waals surface area contributed by atoms with Crippen molar-refractivity contribution in [1.82, 2.24) is 24.4 Å². The lowest BCUT2D eigenvalue weighted by molar-refractivity contribution is 0.245. The predicted molar refractivity (Wildman–Crippen MR) is 103 cm³/mol. The maximum Gasteiger partial charge on any atom is 0.316 e. The molecule has 140 valence electrons. The van der Waals surface area contributed by atoms with E-state index < -0.39 is 0 Å². The number of benzene rings is 1. The van der Waals surface area contributed by atoms with Crippen molar-refractivity contribution in [2.45, 2.75) is 6.54 Å². The highest BCUT2D eigenvalue weighted by Crippen LogP contribution is 2.21. The standard InChI is InChI=1S/C19H22N6O2/c1-23-13-21-17-11-15(3-4-16(17)18(23)26)25-9-7-24(8-10-25)12-14-5-6-20-19(22-14)27-2/h3-6,11,13H,7-10,12H2,1-2H3. The summed E-state index contributed by atoms with van der Waals surface area (Å²) in [5, 5.41) is 0.653. The average molecular weight is 366 g/mol. The summed E-state index contributed by atoms with van der Waals surface area (Å²) in [6.45, 7) is 4.49. The Kier molecular flexibility index (Phi) is 4.72. The van der Waals surface area contributed by atoms with Gasteiger partial charge < -0.3 is 14.2 Å². The Morgan fingerprint density at radius 2 is 1.93 bits per heavy atom. The summed E-state index contributed by atoms with van der Waals surface area (Å²) >= 11 is 0. The molecular formula is C19H22N6O2. The monoisotopic (exact) mass is 366 g/mol. The van der Waals surface area contributed by atoms with Crippen molar-refractivity contribution in [1.29, 1.82) is 0 Å². The summed E-state index contributed by atoms with van der Waals surface area (Å²) < 4.78 is 6.59. The van der Waals surface area contributed by atoms with Crippen LogP contribution in [0.5, 0.6) is 6.01 Å². The fourth-order valence-corrected chi connectivity index (χ4v) is 3.35. The van der Waals surface area contributed by atoms with E-state index in [1.807, 2.05) is 24.3 Å². The summed E-state index contributed by atoms with van der Waals surface area (Å²) in [4.78, 5) is 29.7. The molecular weight excluding hydrogens is 344 g/mol. The molecule has 0 saturated carbocycles. The second-order valence-corrected chi connectivity index (χ2v) is 6.66. The molecule has 0 radical (unpaired) electrons. The summed E-state index contributed by atoms with van der Waals surface area (Å²) in [6, 6.07) is 8.21. The number of piperazine rings is 1. The lowest BCUT2D eigenvalue weighted by Gasteiger charge is -2.36. The van der Waals surface area contributed by atoms with E-state index in [4.69, 9.17) is 4.74 Å². The molecule has 0 spiro atoms. The number of ether oxygens (including phenoxy) is 1. The van der Waals surface area contributed by atoms with E-state index in [-0.39, 0.29) is 5.56 Å². The second kappa shape index (κ2) is 7.32. The molecule has 1 fully saturated rings. The fourth-order valence-electron chi connectivity index (χ4n) is 3.35. The lowest BCUT2D eigenvalue weighted by Crippen LogP contribution is -2.46. The third kappa shape index (κ3) is 3.61. The van der Waals surface area contributed by atoms with Crippen LogP contribution in [0.25, 0.3) is 10.9 Å². The van der Waals surface area contributed by atoms with Gasteiger partial charge >= 0.3 is 6.01 Å². The fraction of sp³-hybridized carbons (Fsp3) is 0.368. The lowest BCUT2D eigenvalue weighted by atomic mass is 10.2. The molecule has 0 aliphatic carbocycles. The second-order valence-electron chi connectivity index (χ2n) is 6.66. The first kappa shape index (κ1) is 17.4. The van der Waals surface area contributed by atoms with E-state index in [9.17, 15) is 4.79 Å². The van der Waals surface area contributed by atoms with Crippen molar-refractivity contribution in [3.8, 4) is 6.01 Å². The van der Waals surface area contributed by atoms with Crippen LogP contribution in [0.15, 0.2) is 41.6 Å². The minimum atomic E-state index is -0.0170. The molecule has 0 N–H and O–H groups in total. The summed E-state index contributed by atoms with van der Waals surface area (Å²) in [6.07, 6.45) is 3.30. The highest BCUT2D eigenvalue weighted by atomic mass is 16.5. The van der Waals surface area contributed by atoms with E-state index in [0.29, 0.717) is 11.4 Å². The van der Waals surface area contributed by atoms with Crippen LogP contribution in [0.4, 0.5) is 5.69 Å². The minimum Gasteiger partial charge on any atom is -0.467 e. The van der Waals surface area contributed by atoms with Gasteiger partial charge in [0.25, 0.3) is 5.56 Å². The van der Waals surface area contributed by atoms with Crippen molar-refractivity contribution >= 4 is 16.6 Å². The molecule has 0 bridgehead atoms. The number of nitrogens with zero attached hydrogens (tertiary/aromatic N) is 6. The van der Waals surface area contributed by atoms with E-state index in [0.717, 1.165) is 49.6 Å². The number of aromatic nitrogens is 4. The molecule has 0 unspecified atom stereocenters. The molecule has 8 heteroatoms. The largest absolute Gasteiger partial charge is 0.467 e. The maximum absolute atomic E-state index is 12.2. The van der Waals surface area contributed by atoms with Crippen LogP contribution in [0.3, 0.4) is 0 Å². The zero-order valence-corrected chi connectivity index (χ0v) is 15.5. The summed E-state index contributed by atoms with van der Waals surface area (Å²) in [7, 11) is 3.29. The Hall–Kier alpha value is -3.00. The first-order valence-corrected chi connectivity index (χ1v) is 8.92. The van der Waals surface area contributed by atoms with Crippen LogP contribution in [0.1, 0.15) is 5.69 Å². The molecule has 1 aliphatic rings. The first-order valence-electron chi connectivity index (χ1n) is 8.92. The zero-order chi connectivity index (χ0) is 18.8. The number of aryl methyl sites for hydroxylation is 1. The zero-order valence-electron chi connectivity index (χ0n) is 15.5. The van der Waals surface area contributed by atoms with Crippen LogP contribution >= 0.6 is 0 Å². The van der Waals surface area contributed by atoms with E-state index in [1.54, 1.807) is 26.7 Å². The number of fused-ring (bicyclic) bond motifs is 1. The van der Waals surface area contributed by atoms with Crippen molar-refractivity contribution in [2.75, 3.05) is 38.2 Å². The highest BCUT2D eigenvalue weighted by molar-refractivity contribution is 5.81. The van der Waals surface area contributed by atoms with Gasteiger partial charge in [0.2, 0.25) is 0 Å². The molecule has 1 saturated heterocycles. The van der Waals surface area contributed by atoms with Crippen LogP contribution < -0.4 is 15.2 Å². The van der Waals surface area contributed by atoms with Gasteiger partial charge in [-0.2, -0.15) is 4.98 Å². The first-order chi connectivity index (χ1) is 13.1. The van der Waals surface area contributed by atoms with Crippen LogP contribution in [-0.4, -0.2) is 57.7 Å². The average Bonchev–Trinajstić information content (AvgIpc) is 2.71. The highest BCUT2D eigenvalue weighted by Gasteiger charge is 2.18. The Balaban J connectivity index is 1.43. The van der Waals surface area contributed by atoms with Crippen molar-refractivity contribution in [3.63, 3.8) is 0 Å². The topological polar surface area (TPSA) is 76.4 Å². The SMILES string of the molecule is COc1nccc(CN2CCN(c3ccc4c(=O)n(C)cnc4c3)CC2)n1. The van der Waals surface area contributed by atoms with Gasteiger partial charge in [-0.05, 0) is 24.3 Å². The van der Waals surface area contributed by atoms with Crippen molar-refractivity contribution in [2.24, 2.45) is 7.05 Å². The summed E-state index contributed by atoms with van der Waals surface area (Å²) in [5.74, 6) is 0. The Bertz CT molecular complexity index is 1010. The number of anilines is 1. The summed E-state index contributed by atoms with van der Waals surface area (Å²) in [5.41, 5.74) is 2.79. The molecule has 1 aromatic carbocycles. The van der Waals surface area contributed by atoms with Gasteiger partial charge in [0, 0.05) is 51.7 Å². The molecule has 3 aromatic rings. The number of hydrogen-bond acceptors (Lipinski definition) is 7. The smallest absolute Gasteiger partial charge is 0.316 e. The Morgan fingerprint density at radius 1 is 1.11 bits per heavy atom. The number of rotatable bonds is 4. The molecule has 4 rings (SSSR count). The van der Waals surface area contributed by atoms with E-state index in [1.165, 1.54) is 4.57 Å². The van der Waals surface area contributed by atoms with Crippen molar-refractivity contribution in [3.05, 3.63) is 52.8 Å². The molecule has 8 nitrogen and oxygen atoms in total. The van der Waals surface area contributed by atoms with E-state index >= 15 is 0 Å². The van der Waals surface area contributed by atoms with Crippen LogP contribution in [0.2, 0.25) is 0 Å². The van der Waals surface area contributed by atoms with Gasteiger partial charge in [-0.15, -0.1) is 0 Å². The van der Waals surface area contributed by atoms with Gasteiger partial charge in [-0.3, -0.25) is 9.69 Å². The predicted octanol–water partition coefficient (Wildman–Crippen LogP) is 1.05. The Morgan fingerprint density at radius 3 is 2.70 bits per heavy atom. The van der Waals surface area contributed by atoms with Crippen molar-refractivity contribution < 1.29 is 4.74 Å². The van der Waals surface area contributed by atoms with E-state index in [2.05, 4.69) is 24.8 Å². The maximum atomic E-state index is 12.2. The van der Waals surface area contributed by atoms with Gasteiger partial charge in [-0.1, -0.05) is 0 Å². The number of methoxy groups -OCH3 is 1.